The van der Waals surface area contributed by atoms with Crippen molar-refractivity contribution in [1.29, 1.82) is 0 Å². The van der Waals surface area contributed by atoms with Gasteiger partial charge < -0.3 is 10.4 Å². The molecule has 0 bridgehead atoms. The molecule has 0 aliphatic carbocycles. The Balaban J connectivity index is 1.96. The highest BCUT2D eigenvalue weighted by Crippen LogP contribution is 2.17. The lowest BCUT2D eigenvalue weighted by molar-refractivity contribution is 0.170. The van der Waals surface area contributed by atoms with Gasteiger partial charge in [-0.2, -0.15) is 0 Å². The molecule has 4 N–H and O–H groups in total. The van der Waals surface area contributed by atoms with Crippen LogP contribution in [0.25, 0.3) is 0 Å². The number of halogens is 1. The Bertz CT molecular complexity index is 746. The first-order valence-electron chi connectivity index (χ1n) is 7.07. The number of hydrogen-bond donors (Lipinski definition) is 3. The molecule has 0 saturated carbocycles. The van der Waals surface area contributed by atoms with E-state index in [9.17, 15) is 17.9 Å². The molecule has 0 aliphatic rings. The molecule has 0 radical (unpaired) electrons. The van der Waals surface area contributed by atoms with E-state index < -0.39 is 16.1 Å². The van der Waals surface area contributed by atoms with E-state index >= 15 is 0 Å². The molecule has 0 heterocycles. The molecule has 2 rings (SSSR count). The number of nitrogens with two attached hydrogens (primary N) is 1. The van der Waals surface area contributed by atoms with Crippen molar-refractivity contribution in [2.45, 2.75) is 24.0 Å². The van der Waals surface area contributed by atoms with Gasteiger partial charge in [0.25, 0.3) is 0 Å². The van der Waals surface area contributed by atoms with Crippen LogP contribution >= 0.6 is 0 Å². The number of aliphatic hydroxyl groups is 1. The third-order valence-electron chi connectivity index (χ3n) is 3.58. The van der Waals surface area contributed by atoms with Gasteiger partial charge in [-0.05, 0) is 42.3 Å². The Morgan fingerprint density at radius 2 is 1.61 bits per heavy atom. The lowest BCUT2D eigenvalue weighted by Gasteiger charge is -2.18. The number of aliphatic hydroxyl groups excluding tert-OH is 1. The predicted molar refractivity (Wildman–Crippen MR) is 85.6 cm³/mol. The lowest BCUT2D eigenvalue weighted by atomic mass is 10.1. The molecule has 0 spiro atoms. The highest BCUT2D eigenvalue weighted by Gasteiger charge is 2.12. The Morgan fingerprint density at radius 1 is 1.09 bits per heavy atom. The van der Waals surface area contributed by atoms with E-state index in [-0.39, 0.29) is 23.3 Å². The van der Waals surface area contributed by atoms with Crippen LogP contribution in [0.5, 0.6) is 0 Å². The molecular weight excluding hydrogens is 319 g/mol. The highest BCUT2D eigenvalue weighted by molar-refractivity contribution is 7.89. The van der Waals surface area contributed by atoms with Crippen LogP contribution in [0.3, 0.4) is 0 Å². The van der Waals surface area contributed by atoms with E-state index in [0.717, 1.165) is 5.56 Å². The summed E-state index contributed by atoms with van der Waals surface area (Å²) in [5.74, 6) is -0.350. The quantitative estimate of drug-likeness (QED) is 0.749. The number of nitrogens with one attached hydrogen (secondary N) is 1. The fourth-order valence-corrected chi connectivity index (χ4v) is 2.67. The molecule has 0 fully saturated rings. The third kappa shape index (κ3) is 4.84. The van der Waals surface area contributed by atoms with Gasteiger partial charge in [0.05, 0.1) is 11.0 Å². The van der Waals surface area contributed by atoms with E-state index in [1.165, 1.54) is 36.4 Å². The van der Waals surface area contributed by atoms with Gasteiger partial charge in [0.15, 0.2) is 0 Å². The topological polar surface area (TPSA) is 92.4 Å². The second kappa shape index (κ2) is 7.18. The van der Waals surface area contributed by atoms with Crippen molar-refractivity contribution in [2.75, 3.05) is 6.54 Å². The maximum Gasteiger partial charge on any atom is 0.238 e. The maximum atomic E-state index is 12.9. The van der Waals surface area contributed by atoms with E-state index in [2.05, 4.69) is 5.32 Å². The summed E-state index contributed by atoms with van der Waals surface area (Å²) in [7, 11) is -3.70. The third-order valence-corrected chi connectivity index (χ3v) is 4.51. The average molecular weight is 338 g/mol. The lowest BCUT2D eigenvalue weighted by Crippen LogP contribution is -2.24. The van der Waals surface area contributed by atoms with Crippen LogP contribution in [0.4, 0.5) is 4.39 Å². The Labute approximate surface area is 135 Å². The zero-order valence-electron chi connectivity index (χ0n) is 12.6. The largest absolute Gasteiger partial charge is 0.387 e. The molecule has 0 aromatic heterocycles. The number of sulfonamides is 1. The van der Waals surface area contributed by atoms with Crippen molar-refractivity contribution < 1.29 is 17.9 Å². The minimum Gasteiger partial charge on any atom is -0.387 e. The molecular formula is C16H19FN2O3S. The highest BCUT2D eigenvalue weighted by atomic mass is 32.2. The Kier molecular flexibility index (Phi) is 5.48. The molecule has 2 aromatic carbocycles. The zero-order chi connectivity index (χ0) is 17.0. The normalized spacial score (nSPS) is 14.4. The van der Waals surface area contributed by atoms with E-state index in [0.29, 0.717) is 5.56 Å². The van der Waals surface area contributed by atoms with Crippen LogP contribution in [-0.4, -0.2) is 20.1 Å². The van der Waals surface area contributed by atoms with Gasteiger partial charge in [-0.25, -0.2) is 17.9 Å². The smallest absolute Gasteiger partial charge is 0.238 e. The van der Waals surface area contributed by atoms with Crippen molar-refractivity contribution >= 4 is 10.0 Å². The molecule has 0 saturated heterocycles. The van der Waals surface area contributed by atoms with Gasteiger partial charge in [-0.3, -0.25) is 0 Å². The van der Waals surface area contributed by atoms with Gasteiger partial charge in [0.1, 0.15) is 5.82 Å². The monoisotopic (exact) mass is 338 g/mol. The van der Waals surface area contributed by atoms with Crippen LogP contribution in [0.15, 0.2) is 53.4 Å². The molecule has 2 atom stereocenters. The number of benzene rings is 2. The Morgan fingerprint density at radius 3 is 2.13 bits per heavy atom. The first-order valence-corrected chi connectivity index (χ1v) is 8.61. The summed E-state index contributed by atoms with van der Waals surface area (Å²) in [5.41, 5.74) is 1.49. The van der Waals surface area contributed by atoms with Gasteiger partial charge in [0.2, 0.25) is 10.0 Å². The standard InChI is InChI=1S/C16H19FN2O3S/c1-11(12-4-8-15(9-5-12)23(18,21)22)19-10-16(20)13-2-6-14(17)7-3-13/h2-9,11,16,19-20H,10H2,1H3,(H2,18,21,22). The second-order valence-electron chi connectivity index (χ2n) is 5.31. The minimum absolute atomic E-state index is 0.0554. The molecule has 124 valence electrons. The first-order chi connectivity index (χ1) is 10.8. The van der Waals surface area contributed by atoms with Crippen LogP contribution in [0, 0.1) is 5.82 Å². The van der Waals surface area contributed by atoms with Crippen LogP contribution < -0.4 is 10.5 Å². The van der Waals surface area contributed by atoms with E-state index in [1.54, 1.807) is 12.1 Å². The van der Waals surface area contributed by atoms with E-state index in [4.69, 9.17) is 5.14 Å². The van der Waals surface area contributed by atoms with E-state index in [1.807, 2.05) is 6.92 Å². The maximum absolute atomic E-state index is 12.9. The second-order valence-corrected chi connectivity index (χ2v) is 6.87. The molecule has 7 heteroatoms. The summed E-state index contributed by atoms with van der Waals surface area (Å²) >= 11 is 0. The van der Waals surface area contributed by atoms with Crippen LogP contribution in [-0.2, 0) is 10.0 Å². The molecule has 2 unspecified atom stereocenters. The van der Waals surface area contributed by atoms with Crippen molar-refractivity contribution in [3.63, 3.8) is 0 Å². The molecule has 2 aromatic rings. The van der Waals surface area contributed by atoms with Crippen molar-refractivity contribution in [2.24, 2.45) is 5.14 Å². The van der Waals surface area contributed by atoms with Crippen molar-refractivity contribution in [3.8, 4) is 0 Å². The molecule has 23 heavy (non-hydrogen) atoms. The van der Waals surface area contributed by atoms with Crippen molar-refractivity contribution in [1.82, 2.24) is 5.32 Å². The average Bonchev–Trinajstić information content (AvgIpc) is 2.52. The van der Waals surface area contributed by atoms with Gasteiger partial charge in [-0.15, -0.1) is 0 Å². The number of primary sulfonamides is 1. The summed E-state index contributed by atoms with van der Waals surface area (Å²) in [6.45, 7) is 2.17. The molecule has 0 aliphatic heterocycles. The van der Waals surface area contributed by atoms with Gasteiger partial charge in [-0.1, -0.05) is 24.3 Å². The molecule has 0 amide bonds. The number of rotatable bonds is 6. The summed E-state index contributed by atoms with van der Waals surface area (Å²) in [5, 5.41) is 18.3. The van der Waals surface area contributed by atoms with Crippen molar-refractivity contribution in [3.05, 3.63) is 65.5 Å². The minimum atomic E-state index is -3.70. The Hall–Kier alpha value is -1.80. The summed E-state index contributed by atoms with van der Waals surface area (Å²) < 4.78 is 35.3. The summed E-state index contributed by atoms with van der Waals surface area (Å²) in [6.07, 6.45) is -0.762. The van der Waals surface area contributed by atoms with Crippen LogP contribution in [0.2, 0.25) is 0 Å². The van der Waals surface area contributed by atoms with Gasteiger partial charge in [0, 0.05) is 12.6 Å². The fourth-order valence-electron chi connectivity index (χ4n) is 2.16. The summed E-state index contributed by atoms with van der Waals surface area (Å²) in [4.78, 5) is 0.0554. The fraction of sp³-hybridized carbons (Fsp3) is 0.250. The first kappa shape index (κ1) is 17.6. The predicted octanol–water partition coefficient (Wildman–Crippen LogP) is 1.86. The van der Waals surface area contributed by atoms with Crippen LogP contribution in [0.1, 0.15) is 30.2 Å². The zero-order valence-corrected chi connectivity index (χ0v) is 13.4. The number of hydrogen-bond acceptors (Lipinski definition) is 4. The summed E-state index contributed by atoms with van der Waals surface area (Å²) in [6, 6.07) is 11.8. The molecule has 5 nitrogen and oxygen atoms in total. The SMILES string of the molecule is CC(NCC(O)c1ccc(F)cc1)c1ccc(S(N)(=O)=O)cc1. The van der Waals surface area contributed by atoms with Gasteiger partial charge >= 0.3 is 0 Å².